The number of hydrogen-bond acceptors (Lipinski definition) is 2. The maximum absolute atomic E-state index is 6.27. The molecular weight excluding hydrogens is 248 g/mol. The van der Waals surface area contributed by atoms with E-state index >= 15 is 0 Å². The van der Waals surface area contributed by atoms with Gasteiger partial charge in [-0.1, -0.05) is 52.3 Å². The number of benzene rings is 1. The molecule has 0 fully saturated rings. The van der Waals surface area contributed by atoms with E-state index in [2.05, 4.69) is 34.6 Å². The summed E-state index contributed by atoms with van der Waals surface area (Å²) < 4.78 is 11.4. The van der Waals surface area contributed by atoms with E-state index in [9.17, 15) is 0 Å². The third-order valence-electron chi connectivity index (χ3n) is 2.16. The molecular formula is C15H23ClO2. The molecule has 102 valence electrons. The Morgan fingerprint density at radius 3 is 2.17 bits per heavy atom. The van der Waals surface area contributed by atoms with Crippen molar-refractivity contribution in [3.63, 3.8) is 0 Å². The van der Waals surface area contributed by atoms with Gasteiger partial charge < -0.3 is 9.47 Å². The molecule has 0 aliphatic rings. The van der Waals surface area contributed by atoms with Crippen molar-refractivity contribution in [3.05, 3.63) is 23.2 Å². The third kappa shape index (κ3) is 5.18. The Labute approximate surface area is 115 Å². The zero-order valence-corrected chi connectivity index (χ0v) is 12.7. The fraction of sp³-hybridized carbons (Fsp3) is 0.600. The summed E-state index contributed by atoms with van der Waals surface area (Å²) in [4.78, 5) is 0. The minimum atomic E-state index is 0.109. The van der Waals surface area contributed by atoms with Gasteiger partial charge in [-0.15, -0.1) is 0 Å². The van der Waals surface area contributed by atoms with Gasteiger partial charge in [0.05, 0.1) is 13.2 Å². The third-order valence-corrected chi connectivity index (χ3v) is 2.53. The Bertz CT molecular complexity index is 381. The van der Waals surface area contributed by atoms with Gasteiger partial charge in [0.1, 0.15) is 16.5 Å². The second kappa shape index (κ2) is 6.33. The van der Waals surface area contributed by atoms with Crippen molar-refractivity contribution >= 4 is 11.6 Å². The van der Waals surface area contributed by atoms with Gasteiger partial charge in [-0.3, -0.25) is 0 Å². The van der Waals surface area contributed by atoms with Gasteiger partial charge in [-0.25, -0.2) is 0 Å². The Hall–Kier alpha value is -0.890. The molecule has 2 nitrogen and oxygen atoms in total. The van der Waals surface area contributed by atoms with Crippen LogP contribution in [0.25, 0.3) is 0 Å². The molecule has 1 aromatic carbocycles. The molecule has 0 spiro atoms. The van der Waals surface area contributed by atoms with Gasteiger partial charge in [0.15, 0.2) is 0 Å². The monoisotopic (exact) mass is 270 g/mol. The summed E-state index contributed by atoms with van der Waals surface area (Å²) in [5.74, 6) is 1.85. The summed E-state index contributed by atoms with van der Waals surface area (Å²) in [6.07, 6.45) is 0. The molecule has 1 rings (SSSR count). The molecule has 0 N–H and O–H groups in total. The van der Waals surface area contributed by atoms with Crippen LogP contribution in [-0.4, -0.2) is 13.2 Å². The van der Waals surface area contributed by atoms with Crippen molar-refractivity contribution in [2.45, 2.75) is 34.6 Å². The first-order valence-corrected chi connectivity index (χ1v) is 6.71. The zero-order valence-electron chi connectivity index (χ0n) is 11.9. The molecule has 0 aromatic heterocycles. The average molecular weight is 271 g/mol. The van der Waals surface area contributed by atoms with Crippen molar-refractivity contribution in [3.8, 4) is 11.5 Å². The molecule has 1 aromatic rings. The van der Waals surface area contributed by atoms with E-state index in [1.165, 1.54) is 0 Å². The van der Waals surface area contributed by atoms with E-state index in [-0.39, 0.29) is 5.41 Å². The van der Waals surface area contributed by atoms with Crippen LogP contribution in [0.1, 0.15) is 34.6 Å². The van der Waals surface area contributed by atoms with E-state index in [1.807, 2.05) is 18.2 Å². The lowest BCUT2D eigenvalue weighted by molar-refractivity contribution is 0.196. The smallest absolute Gasteiger partial charge is 0.141 e. The fourth-order valence-electron chi connectivity index (χ4n) is 1.26. The van der Waals surface area contributed by atoms with Gasteiger partial charge in [-0.05, 0) is 23.5 Å². The summed E-state index contributed by atoms with van der Waals surface area (Å²) in [6.45, 7) is 11.9. The molecule has 0 radical (unpaired) electrons. The van der Waals surface area contributed by atoms with Gasteiger partial charge in [0, 0.05) is 0 Å². The predicted molar refractivity (Wildman–Crippen MR) is 76.7 cm³/mol. The highest BCUT2D eigenvalue weighted by Crippen LogP contribution is 2.34. The van der Waals surface area contributed by atoms with Crippen molar-refractivity contribution in [1.82, 2.24) is 0 Å². The summed E-state index contributed by atoms with van der Waals surface area (Å²) in [5.41, 5.74) is 0.109. The van der Waals surface area contributed by atoms with Crippen molar-refractivity contribution < 1.29 is 9.47 Å². The maximum atomic E-state index is 6.27. The lowest BCUT2D eigenvalue weighted by atomic mass is 9.99. The first-order valence-electron chi connectivity index (χ1n) is 6.34. The minimum absolute atomic E-state index is 0.109. The first-order chi connectivity index (χ1) is 8.29. The van der Waals surface area contributed by atoms with E-state index < -0.39 is 0 Å². The molecule has 0 unspecified atom stereocenters. The van der Waals surface area contributed by atoms with Crippen LogP contribution in [0.4, 0.5) is 0 Å². The molecule has 3 heteroatoms. The van der Waals surface area contributed by atoms with Gasteiger partial charge >= 0.3 is 0 Å². The summed E-state index contributed by atoms with van der Waals surface area (Å²) in [7, 11) is 0. The predicted octanol–water partition coefficient (Wildman–Crippen LogP) is 4.80. The lowest BCUT2D eigenvalue weighted by Gasteiger charge is -2.20. The molecule has 0 heterocycles. The van der Waals surface area contributed by atoms with Gasteiger partial charge in [0.25, 0.3) is 0 Å². The van der Waals surface area contributed by atoms with Crippen molar-refractivity contribution in [2.24, 2.45) is 11.3 Å². The largest absolute Gasteiger partial charge is 0.492 e. The number of hydrogen-bond donors (Lipinski definition) is 0. The van der Waals surface area contributed by atoms with Crippen LogP contribution in [0, 0.1) is 11.3 Å². The highest BCUT2D eigenvalue weighted by atomic mass is 35.5. The second-order valence-corrected chi connectivity index (χ2v) is 6.50. The molecule has 0 amide bonds. The quantitative estimate of drug-likeness (QED) is 0.765. The van der Waals surface area contributed by atoms with Gasteiger partial charge in [0.2, 0.25) is 0 Å². The van der Waals surface area contributed by atoms with E-state index in [0.717, 1.165) is 0 Å². The Kier molecular flexibility index (Phi) is 5.33. The van der Waals surface area contributed by atoms with Gasteiger partial charge in [-0.2, -0.15) is 0 Å². The van der Waals surface area contributed by atoms with E-state index in [1.54, 1.807) is 0 Å². The number of ether oxygens (including phenoxy) is 2. The fourth-order valence-corrected chi connectivity index (χ4v) is 1.50. The number of rotatable bonds is 5. The molecule has 0 atom stereocenters. The highest BCUT2D eigenvalue weighted by molar-refractivity contribution is 6.33. The molecule has 0 saturated heterocycles. The van der Waals surface area contributed by atoms with Crippen LogP contribution in [0.3, 0.4) is 0 Å². The normalized spacial score (nSPS) is 11.7. The number of halogens is 1. The molecule has 0 saturated carbocycles. The summed E-state index contributed by atoms with van der Waals surface area (Å²) >= 11 is 6.27. The molecule has 0 aliphatic heterocycles. The van der Waals surface area contributed by atoms with Crippen LogP contribution in [0.15, 0.2) is 18.2 Å². The average Bonchev–Trinajstić information content (AvgIpc) is 2.24. The van der Waals surface area contributed by atoms with Crippen LogP contribution in [0.5, 0.6) is 11.5 Å². The first kappa shape index (κ1) is 15.2. The van der Waals surface area contributed by atoms with E-state index in [4.69, 9.17) is 21.1 Å². The SMILES string of the molecule is CC(C)COc1cccc(OCC(C)(C)C)c1Cl. The van der Waals surface area contributed by atoms with Crippen LogP contribution >= 0.6 is 11.6 Å². The lowest BCUT2D eigenvalue weighted by Crippen LogP contribution is -2.17. The van der Waals surface area contributed by atoms with Crippen LogP contribution < -0.4 is 9.47 Å². The van der Waals surface area contributed by atoms with Crippen molar-refractivity contribution in [1.29, 1.82) is 0 Å². The molecule has 18 heavy (non-hydrogen) atoms. The molecule has 0 aliphatic carbocycles. The van der Waals surface area contributed by atoms with Crippen LogP contribution in [0.2, 0.25) is 5.02 Å². The standard InChI is InChI=1S/C15H23ClO2/c1-11(2)9-17-12-7-6-8-13(14(12)16)18-10-15(3,4)5/h6-8,11H,9-10H2,1-5H3. The molecule has 0 bridgehead atoms. The Morgan fingerprint density at radius 1 is 1.11 bits per heavy atom. The Morgan fingerprint density at radius 2 is 1.67 bits per heavy atom. The minimum Gasteiger partial charge on any atom is -0.492 e. The van der Waals surface area contributed by atoms with E-state index in [0.29, 0.717) is 35.7 Å². The summed E-state index contributed by atoms with van der Waals surface area (Å²) in [5, 5.41) is 0.558. The zero-order chi connectivity index (χ0) is 13.8. The van der Waals surface area contributed by atoms with Crippen LogP contribution in [-0.2, 0) is 0 Å². The topological polar surface area (TPSA) is 18.5 Å². The summed E-state index contributed by atoms with van der Waals surface area (Å²) in [6, 6.07) is 5.64. The Balaban J connectivity index is 2.72. The van der Waals surface area contributed by atoms with Crippen molar-refractivity contribution in [2.75, 3.05) is 13.2 Å². The highest BCUT2D eigenvalue weighted by Gasteiger charge is 2.14. The second-order valence-electron chi connectivity index (χ2n) is 6.12. The maximum Gasteiger partial charge on any atom is 0.141 e.